The fourth-order valence-electron chi connectivity index (χ4n) is 4.17. The first-order chi connectivity index (χ1) is 17.8. The number of aliphatic imine (C=N–C) groups is 1. The fraction of sp³-hybridized carbons (Fsp3) is 0.207. The lowest BCUT2D eigenvalue weighted by Gasteiger charge is -2.15. The van der Waals surface area contributed by atoms with Gasteiger partial charge >= 0.3 is 5.97 Å². The second kappa shape index (κ2) is 11.1. The number of H-pyrrole nitrogens is 1. The van der Waals surface area contributed by atoms with Crippen molar-refractivity contribution in [2.75, 3.05) is 26.0 Å². The van der Waals surface area contributed by atoms with Crippen LogP contribution in [0, 0.1) is 0 Å². The smallest absolute Gasteiger partial charge is 0.338 e. The van der Waals surface area contributed by atoms with Crippen LogP contribution in [-0.4, -0.2) is 53.3 Å². The van der Waals surface area contributed by atoms with Gasteiger partial charge in [0.1, 0.15) is 0 Å². The van der Waals surface area contributed by atoms with E-state index in [1.165, 1.54) is 6.92 Å². The van der Waals surface area contributed by atoms with Crippen molar-refractivity contribution in [2.45, 2.75) is 20.4 Å². The van der Waals surface area contributed by atoms with Gasteiger partial charge in [-0.15, -0.1) is 0 Å². The summed E-state index contributed by atoms with van der Waals surface area (Å²) in [7, 11) is 3.93. The van der Waals surface area contributed by atoms with E-state index in [1.807, 2.05) is 67.5 Å². The topological polar surface area (TPSA) is 107 Å². The number of esters is 1. The Morgan fingerprint density at radius 2 is 1.78 bits per heavy atom. The van der Waals surface area contributed by atoms with Crippen LogP contribution in [0.4, 0.5) is 11.4 Å². The molecule has 1 aromatic heterocycles. The first-order valence-corrected chi connectivity index (χ1v) is 12.0. The number of hydrogen-bond acceptors (Lipinski definition) is 6. The van der Waals surface area contributed by atoms with E-state index in [0.717, 1.165) is 11.1 Å². The maximum atomic E-state index is 12.2. The number of hydrogen-bond donors (Lipinski definition) is 3. The number of aromatic amines is 1. The Bertz CT molecular complexity index is 1470. The second-order valence-corrected chi connectivity index (χ2v) is 8.92. The SMILES string of the molecule is CCOC(=O)c1ccc2c(C(=Nc3ccc(CN(C)C)c(NC(C)=O)c3)c3ccccc3)c(O)[nH]c2c1. The van der Waals surface area contributed by atoms with Crippen molar-refractivity contribution < 1.29 is 19.4 Å². The Morgan fingerprint density at radius 3 is 2.46 bits per heavy atom. The number of amides is 1. The minimum atomic E-state index is -0.430. The van der Waals surface area contributed by atoms with Gasteiger partial charge in [0.05, 0.1) is 29.1 Å². The van der Waals surface area contributed by atoms with Gasteiger partial charge in [-0.25, -0.2) is 9.79 Å². The number of carbonyl (C=O) groups is 2. The normalized spacial score (nSPS) is 11.6. The summed E-state index contributed by atoms with van der Waals surface area (Å²) < 4.78 is 5.11. The third kappa shape index (κ3) is 5.87. The average molecular weight is 499 g/mol. The van der Waals surface area contributed by atoms with Crippen LogP contribution in [0.3, 0.4) is 0 Å². The van der Waals surface area contributed by atoms with E-state index in [9.17, 15) is 14.7 Å². The average Bonchev–Trinajstić information content (AvgIpc) is 3.18. The molecule has 0 aliphatic rings. The van der Waals surface area contributed by atoms with E-state index in [1.54, 1.807) is 25.1 Å². The molecule has 0 aliphatic heterocycles. The van der Waals surface area contributed by atoms with Crippen molar-refractivity contribution in [3.8, 4) is 5.88 Å². The van der Waals surface area contributed by atoms with Gasteiger partial charge in [-0.05, 0) is 50.8 Å². The van der Waals surface area contributed by atoms with Crippen molar-refractivity contribution in [1.29, 1.82) is 0 Å². The molecular weight excluding hydrogens is 468 g/mol. The number of carbonyl (C=O) groups excluding carboxylic acids is 2. The Hall–Kier alpha value is -4.43. The van der Waals surface area contributed by atoms with Crippen LogP contribution < -0.4 is 5.32 Å². The van der Waals surface area contributed by atoms with Gasteiger partial charge in [-0.2, -0.15) is 0 Å². The molecule has 0 atom stereocenters. The lowest BCUT2D eigenvalue weighted by molar-refractivity contribution is -0.114. The van der Waals surface area contributed by atoms with E-state index in [2.05, 4.69) is 10.3 Å². The zero-order valence-corrected chi connectivity index (χ0v) is 21.3. The van der Waals surface area contributed by atoms with Gasteiger partial charge in [0, 0.05) is 35.6 Å². The van der Waals surface area contributed by atoms with Crippen LogP contribution >= 0.6 is 0 Å². The molecule has 0 spiro atoms. The maximum absolute atomic E-state index is 12.2. The van der Waals surface area contributed by atoms with Gasteiger partial charge in [0.2, 0.25) is 5.91 Å². The van der Waals surface area contributed by atoms with Gasteiger partial charge in [0.25, 0.3) is 0 Å². The van der Waals surface area contributed by atoms with Crippen molar-refractivity contribution in [3.05, 3.63) is 89.0 Å². The fourth-order valence-corrected chi connectivity index (χ4v) is 4.17. The monoisotopic (exact) mass is 498 g/mol. The molecule has 3 N–H and O–H groups in total. The Kier molecular flexibility index (Phi) is 7.69. The second-order valence-electron chi connectivity index (χ2n) is 8.92. The number of benzene rings is 3. The molecule has 1 amide bonds. The number of aromatic hydroxyl groups is 1. The molecule has 8 nitrogen and oxygen atoms in total. The van der Waals surface area contributed by atoms with Crippen molar-refractivity contribution in [2.24, 2.45) is 4.99 Å². The lowest BCUT2D eigenvalue weighted by Crippen LogP contribution is -2.14. The minimum absolute atomic E-state index is 0.0649. The maximum Gasteiger partial charge on any atom is 0.338 e. The summed E-state index contributed by atoms with van der Waals surface area (Å²) in [5, 5.41) is 14.6. The van der Waals surface area contributed by atoms with Gasteiger partial charge in [-0.3, -0.25) is 4.79 Å². The standard InChI is InChI=1S/C29H30N4O4/c1-5-37-29(36)20-12-14-23-25(15-20)32-28(35)26(23)27(19-9-7-6-8-10-19)31-22-13-11-21(17-33(3)4)24(16-22)30-18(2)34/h6-16,32,35H,5,17H2,1-4H3,(H,30,34). The molecule has 3 aromatic carbocycles. The zero-order chi connectivity index (χ0) is 26.5. The quantitative estimate of drug-likeness (QED) is 0.228. The summed E-state index contributed by atoms with van der Waals surface area (Å²) in [5.41, 5.74) is 5.07. The molecule has 37 heavy (non-hydrogen) atoms. The Morgan fingerprint density at radius 1 is 1.03 bits per heavy atom. The molecule has 1 heterocycles. The largest absolute Gasteiger partial charge is 0.494 e. The summed E-state index contributed by atoms with van der Waals surface area (Å²) in [6.07, 6.45) is 0. The van der Waals surface area contributed by atoms with E-state index in [-0.39, 0.29) is 18.4 Å². The minimum Gasteiger partial charge on any atom is -0.494 e. The first-order valence-electron chi connectivity index (χ1n) is 12.0. The highest BCUT2D eigenvalue weighted by Gasteiger charge is 2.20. The van der Waals surface area contributed by atoms with E-state index < -0.39 is 5.97 Å². The third-order valence-electron chi connectivity index (χ3n) is 5.71. The Labute approximate surface area is 215 Å². The van der Waals surface area contributed by atoms with E-state index in [4.69, 9.17) is 9.73 Å². The highest BCUT2D eigenvalue weighted by atomic mass is 16.5. The summed E-state index contributed by atoms with van der Waals surface area (Å²) >= 11 is 0. The van der Waals surface area contributed by atoms with E-state index >= 15 is 0 Å². The molecule has 0 fully saturated rings. The molecule has 0 unspecified atom stereocenters. The summed E-state index contributed by atoms with van der Waals surface area (Å²) in [4.78, 5) is 34.0. The highest BCUT2D eigenvalue weighted by molar-refractivity contribution is 6.22. The van der Waals surface area contributed by atoms with Gasteiger partial charge in [-0.1, -0.05) is 42.5 Å². The molecule has 0 saturated carbocycles. The third-order valence-corrected chi connectivity index (χ3v) is 5.71. The van der Waals surface area contributed by atoms with Crippen molar-refractivity contribution in [1.82, 2.24) is 9.88 Å². The molecule has 190 valence electrons. The number of fused-ring (bicyclic) bond motifs is 1. The van der Waals surface area contributed by atoms with Crippen LogP contribution in [0.1, 0.15) is 40.9 Å². The molecule has 0 aliphatic carbocycles. The highest BCUT2D eigenvalue weighted by Crippen LogP contribution is 2.33. The number of aromatic nitrogens is 1. The molecule has 4 rings (SSSR count). The molecule has 8 heteroatoms. The van der Waals surface area contributed by atoms with Crippen molar-refractivity contribution >= 4 is 39.9 Å². The molecule has 0 saturated heterocycles. The number of nitrogens with zero attached hydrogens (tertiary/aromatic N) is 2. The lowest BCUT2D eigenvalue weighted by atomic mass is 10.00. The van der Waals surface area contributed by atoms with Crippen LogP contribution in [0.2, 0.25) is 0 Å². The van der Waals surface area contributed by atoms with Crippen molar-refractivity contribution in [3.63, 3.8) is 0 Å². The van der Waals surface area contributed by atoms with Gasteiger partial charge in [0.15, 0.2) is 5.88 Å². The number of anilines is 1. The molecule has 0 radical (unpaired) electrons. The predicted molar refractivity (Wildman–Crippen MR) is 146 cm³/mol. The van der Waals surface area contributed by atoms with Crippen LogP contribution in [0.25, 0.3) is 10.9 Å². The van der Waals surface area contributed by atoms with Crippen LogP contribution in [0.15, 0.2) is 71.7 Å². The molecule has 4 aromatic rings. The summed E-state index contributed by atoms with van der Waals surface area (Å²) in [5.74, 6) is -0.665. The summed E-state index contributed by atoms with van der Waals surface area (Å²) in [6, 6.07) is 20.3. The zero-order valence-electron chi connectivity index (χ0n) is 21.3. The first kappa shape index (κ1) is 25.7. The van der Waals surface area contributed by atoms with Crippen LogP contribution in [0.5, 0.6) is 5.88 Å². The summed E-state index contributed by atoms with van der Waals surface area (Å²) in [6.45, 7) is 4.15. The van der Waals surface area contributed by atoms with Gasteiger partial charge < -0.3 is 25.0 Å². The number of rotatable bonds is 8. The van der Waals surface area contributed by atoms with Crippen LogP contribution in [-0.2, 0) is 16.1 Å². The Balaban J connectivity index is 1.88. The van der Waals surface area contributed by atoms with E-state index in [0.29, 0.717) is 45.7 Å². The molecule has 0 bridgehead atoms. The number of ether oxygens (including phenoxy) is 1. The predicted octanol–water partition coefficient (Wildman–Crippen LogP) is 5.24. The molecular formula is C29H30N4O4. The number of nitrogens with one attached hydrogen (secondary N) is 2.